The lowest BCUT2D eigenvalue weighted by molar-refractivity contribution is 0.141. The van der Waals surface area contributed by atoms with E-state index in [0.717, 1.165) is 5.25 Å². The molecule has 2 aromatic rings. The van der Waals surface area contributed by atoms with Crippen LogP contribution in [0.25, 0.3) is 10.9 Å². The molecular formula is C17H26B2N2S. The highest BCUT2D eigenvalue weighted by Gasteiger charge is 2.40. The van der Waals surface area contributed by atoms with Crippen LogP contribution in [0.3, 0.4) is 0 Å². The lowest BCUT2D eigenvalue weighted by Crippen LogP contribution is -2.60. The molecule has 0 atom stereocenters. The van der Waals surface area contributed by atoms with Crippen LogP contribution < -0.4 is 0 Å². The van der Waals surface area contributed by atoms with Crippen molar-refractivity contribution in [2.24, 2.45) is 0 Å². The largest absolute Gasteiger partial charge is 0.356 e. The normalized spacial score (nSPS) is 16.6. The van der Waals surface area contributed by atoms with Crippen LogP contribution in [0, 0.1) is 0 Å². The molecule has 0 spiro atoms. The third-order valence-corrected chi connectivity index (χ3v) is 7.04. The molecule has 2 nitrogen and oxygen atoms in total. The Kier molecular flexibility index (Phi) is 3.93. The molecule has 1 saturated carbocycles. The Morgan fingerprint density at radius 1 is 1.18 bits per heavy atom. The van der Waals surface area contributed by atoms with Crippen LogP contribution in [0.2, 0.25) is 0 Å². The number of hydrogen-bond donors (Lipinski definition) is 0. The summed E-state index contributed by atoms with van der Waals surface area (Å²) in [6, 6.07) is 9.21. The number of aromatic nitrogens is 1. The maximum absolute atomic E-state index is 2.44. The summed E-state index contributed by atoms with van der Waals surface area (Å²) in [5.74, 6) is 0. The minimum Gasteiger partial charge on any atom is -0.356 e. The highest BCUT2D eigenvalue weighted by molar-refractivity contribution is 8.00. The first-order valence-electron chi connectivity index (χ1n) is 8.19. The second kappa shape index (κ2) is 5.38. The number of fused-ring (bicyclic) bond motifs is 1. The molecule has 0 amide bonds. The van der Waals surface area contributed by atoms with Gasteiger partial charge >= 0.3 is 0 Å². The standard InChI is InChI=1S/C17H26B2N2S/c1-16(2,20(3)4)17(18,19)21-10-9-12-11-14(7-8-15(12)21)22-13-5-6-13/h7-11,13H,5-6,18-19H2,1-4H3. The van der Waals surface area contributed by atoms with Crippen molar-refractivity contribution in [3.05, 3.63) is 30.5 Å². The molecule has 5 heteroatoms. The smallest absolute Gasteiger partial charge is 0.126 e. The highest BCUT2D eigenvalue weighted by atomic mass is 32.2. The minimum atomic E-state index is 0.00337. The summed E-state index contributed by atoms with van der Waals surface area (Å²) < 4.78 is 2.44. The van der Waals surface area contributed by atoms with Gasteiger partial charge in [-0.05, 0) is 65.0 Å². The van der Waals surface area contributed by atoms with Gasteiger partial charge in [0.1, 0.15) is 15.7 Å². The minimum absolute atomic E-state index is 0.00337. The van der Waals surface area contributed by atoms with Crippen LogP contribution in [-0.2, 0) is 5.34 Å². The highest BCUT2D eigenvalue weighted by Crippen LogP contribution is 2.40. The van der Waals surface area contributed by atoms with Gasteiger partial charge in [0.2, 0.25) is 0 Å². The lowest BCUT2D eigenvalue weighted by Gasteiger charge is -2.48. The summed E-state index contributed by atoms with van der Waals surface area (Å²) in [5, 5.41) is 2.22. The summed E-state index contributed by atoms with van der Waals surface area (Å²) in [7, 11) is 8.99. The van der Waals surface area contributed by atoms with Crippen molar-refractivity contribution in [3.8, 4) is 0 Å². The second-order valence-electron chi connectivity index (χ2n) is 7.74. The van der Waals surface area contributed by atoms with Crippen molar-refractivity contribution < 1.29 is 0 Å². The predicted octanol–water partition coefficient (Wildman–Crippen LogP) is 2.11. The average Bonchev–Trinajstić information content (AvgIpc) is 3.14. The molecule has 22 heavy (non-hydrogen) atoms. The molecular weight excluding hydrogens is 286 g/mol. The molecule has 0 saturated heterocycles. The van der Waals surface area contributed by atoms with Gasteiger partial charge in [-0.3, -0.25) is 0 Å². The van der Waals surface area contributed by atoms with Crippen molar-refractivity contribution in [1.82, 2.24) is 9.47 Å². The molecule has 0 aliphatic heterocycles. The van der Waals surface area contributed by atoms with E-state index in [9.17, 15) is 0 Å². The first-order valence-corrected chi connectivity index (χ1v) is 9.07. The van der Waals surface area contributed by atoms with E-state index in [1.54, 1.807) is 0 Å². The molecule has 1 fully saturated rings. The lowest BCUT2D eigenvalue weighted by atomic mass is 9.51. The molecule has 1 aliphatic carbocycles. The van der Waals surface area contributed by atoms with Crippen LogP contribution in [0.15, 0.2) is 35.4 Å². The van der Waals surface area contributed by atoms with Crippen LogP contribution in [0.5, 0.6) is 0 Å². The van der Waals surface area contributed by atoms with Crippen LogP contribution in [0.1, 0.15) is 26.7 Å². The average molecular weight is 312 g/mol. The fourth-order valence-electron chi connectivity index (χ4n) is 2.90. The molecule has 3 rings (SSSR count). The molecule has 1 aromatic carbocycles. The van der Waals surface area contributed by atoms with E-state index in [1.807, 2.05) is 11.8 Å². The van der Waals surface area contributed by atoms with Gasteiger partial charge < -0.3 is 9.47 Å². The summed E-state index contributed by atoms with van der Waals surface area (Å²) >= 11 is 2.03. The van der Waals surface area contributed by atoms with E-state index in [0.29, 0.717) is 0 Å². The summed E-state index contributed by atoms with van der Waals surface area (Å²) in [6.45, 7) is 4.63. The SMILES string of the molecule is BC(B)(n1ccc2cc(SC3CC3)ccc21)C(C)(C)N(C)C. The Bertz CT molecular complexity index is 687. The second-order valence-corrected chi connectivity index (χ2v) is 9.11. The fraction of sp³-hybridized carbons (Fsp3) is 0.529. The molecule has 0 bridgehead atoms. The quantitative estimate of drug-likeness (QED) is 0.782. The summed E-state index contributed by atoms with van der Waals surface area (Å²) in [6.07, 6.45) is 5.02. The van der Waals surface area contributed by atoms with Crippen LogP contribution >= 0.6 is 11.8 Å². The van der Waals surface area contributed by atoms with Gasteiger partial charge in [-0.25, -0.2) is 0 Å². The zero-order valence-electron chi connectivity index (χ0n) is 14.7. The van der Waals surface area contributed by atoms with Gasteiger partial charge in [-0.1, -0.05) is 0 Å². The Labute approximate surface area is 140 Å². The fourth-order valence-corrected chi connectivity index (χ4v) is 4.00. The molecule has 0 radical (unpaired) electrons. The van der Waals surface area contributed by atoms with Crippen molar-refractivity contribution in [2.45, 2.75) is 47.7 Å². The summed E-state index contributed by atoms with van der Waals surface area (Å²) in [4.78, 5) is 3.73. The number of nitrogens with zero attached hydrogens (tertiary/aromatic N) is 2. The van der Waals surface area contributed by atoms with Gasteiger partial charge in [-0.15, -0.1) is 11.8 Å². The molecule has 1 heterocycles. The maximum atomic E-state index is 2.44. The Hall–Kier alpha value is -0.800. The van der Waals surface area contributed by atoms with Gasteiger partial charge in [0.05, 0.1) is 0 Å². The molecule has 1 aliphatic rings. The molecule has 1 aromatic heterocycles. The number of benzene rings is 1. The van der Waals surface area contributed by atoms with Crippen molar-refractivity contribution in [3.63, 3.8) is 0 Å². The predicted molar refractivity (Wildman–Crippen MR) is 104 cm³/mol. The maximum Gasteiger partial charge on any atom is 0.126 e. The topological polar surface area (TPSA) is 8.17 Å². The zero-order chi connectivity index (χ0) is 16.1. The first kappa shape index (κ1) is 16.1. The van der Waals surface area contributed by atoms with E-state index >= 15 is 0 Å². The number of rotatable bonds is 5. The zero-order valence-corrected chi connectivity index (χ0v) is 15.5. The van der Waals surface area contributed by atoms with Crippen molar-refractivity contribution >= 4 is 38.4 Å². The Morgan fingerprint density at radius 2 is 1.86 bits per heavy atom. The van der Waals surface area contributed by atoms with Crippen molar-refractivity contribution in [2.75, 3.05) is 14.1 Å². The molecule has 0 N–H and O–H groups in total. The van der Waals surface area contributed by atoms with Gasteiger partial charge in [0.25, 0.3) is 0 Å². The van der Waals surface area contributed by atoms with Gasteiger partial charge in [-0.2, -0.15) is 0 Å². The van der Waals surface area contributed by atoms with E-state index < -0.39 is 0 Å². The molecule has 116 valence electrons. The number of thioether (sulfide) groups is 1. The van der Waals surface area contributed by atoms with Crippen LogP contribution in [-0.4, -0.2) is 50.0 Å². The van der Waals surface area contributed by atoms with E-state index in [-0.39, 0.29) is 10.9 Å². The van der Waals surface area contributed by atoms with Crippen molar-refractivity contribution in [1.29, 1.82) is 0 Å². The monoisotopic (exact) mass is 312 g/mol. The molecule has 0 unspecified atom stereocenters. The third kappa shape index (κ3) is 2.63. The first-order chi connectivity index (χ1) is 10.2. The number of likely N-dealkylation sites (N-methyl/N-ethyl adjacent to an activating group) is 1. The van der Waals surface area contributed by atoms with Gasteiger partial charge in [0, 0.05) is 38.1 Å². The Morgan fingerprint density at radius 3 is 2.45 bits per heavy atom. The van der Waals surface area contributed by atoms with E-state index in [1.165, 1.54) is 28.6 Å². The van der Waals surface area contributed by atoms with E-state index in [4.69, 9.17) is 0 Å². The third-order valence-electron chi connectivity index (χ3n) is 5.71. The van der Waals surface area contributed by atoms with E-state index in [2.05, 4.69) is 83.6 Å². The van der Waals surface area contributed by atoms with Crippen LogP contribution in [0.4, 0.5) is 0 Å². The Balaban J connectivity index is 2.00. The summed E-state index contributed by atoms with van der Waals surface area (Å²) in [5.41, 5.74) is 1.39. The number of hydrogen-bond acceptors (Lipinski definition) is 2. The van der Waals surface area contributed by atoms with Gasteiger partial charge in [0.15, 0.2) is 0 Å².